The second-order valence-corrected chi connectivity index (χ2v) is 6.25. The maximum atomic E-state index is 12.4. The Balaban J connectivity index is 0.00000132. The third kappa shape index (κ3) is 6.03. The molecular formula is C15H29Cl2N3O3. The average molecular weight is 370 g/mol. The molecule has 3 saturated heterocycles. The molecule has 3 rings (SSSR count). The summed E-state index contributed by atoms with van der Waals surface area (Å²) in [5.74, 6) is 0.893. The van der Waals surface area contributed by atoms with Crippen LogP contribution in [0.1, 0.15) is 12.8 Å². The van der Waals surface area contributed by atoms with E-state index in [1.165, 1.54) is 0 Å². The van der Waals surface area contributed by atoms with E-state index in [2.05, 4.69) is 10.2 Å². The fourth-order valence-electron chi connectivity index (χ4n) is 3.41. The van der Waals surface area contributed by atoms with Gasteiger partial charge in [-0.15, -0.1) is 24.8 Å². The standard InChI is InChI=1S/C15H27N3O3.2ClH/c19-15(14-11-16-3-8-21-14)18-4-1-13(2-5-18)12-17-6-9-20-10-7-17;;/h13-14,16H,1-12H2;2*1H. The molecule has 23 heavy (non-hydrogen) atoms. The first-order chi connectivity index (χ1) is 10.3. The Morgan fingerprint density at radius 1 is 1.04 bits per heavy atom. The van der Waals surface area contributed by atoms with Gasteiger partial charge in [0.25, 0.3) is 5.91 Å². The summed E-state index contributed by atoms with van der Waals surface area (Å²) in [5.41, 5.74) is 0. The summed E-state index contributed by atoms with van der Waals surface area (Å²) >= 11 is 0. The van der Waals surface area contributed by atoms with Gasteiger partial charge >= 0.3 is 0 Å². The summed E-state index contributed by atoms with van der Waals surface area (Å²) in [5, 5.41) is 3.23. The van der Waals surface area contributed by atoms with Crippen molar-refractivity contribution in [3.05, 3.63) is 0 Å². The molecule has 0 aromatic heterocycles. The molecule has 0 spiro atoms. The molecule has 0 aliphatic carbocycles. The van der Waals surface area contributed by atoms with Gasteiger partial charge in [-0.1, -0.05) is 0 Å². The van der Waals surface area contributed by atoms with Crippen LogP contribution >= 0.6 is 24.8 Å². The highest BCUT2D eigenvalue weighted by Crippen LogP contribution is 2.20. The Kier molecular flexibility index (Phi) is 9.73. The van der Waals surface area contributed by atoms with Gasteiger partial charge in [0.1, 0.15) is 6.10 Å². The van der Waals surface area contributed by atoms with Crippen molar-refractivity contribution >= 4 is 30.7 Å². The number of hydrogen-bond donors (Lipinski definition) is 1. The van der Waals surface area contributed by atoms with Crippen LogP contribution in [-0.2, 0) is 14.3 Å². The molecule has 1 amide bonds. The molecule has 8 heteroatoms. The topological polar surface area (TPSA) is 54.0 Å². The normalized spacial score (nSPS) is 27.0. The van der Waals surface area contributed by atoms with Crippen LogP contribution in [0.2, 0.25) is 0 Å². The van der Waals surface area contributed by atoms with Crippen LogP contribution in [0.4, 0.5) is 0 Å². The highest BCUT2D eigenvalue weighted by Gasteiger charge is 2.30. The Labute approximate surface area is 151 Å². The van der Waals surface area contributed by atoms with Gasteiger partial charge in [-0.2, -0.15) is 0 Å². The molecular weight excluding hydrogens is 341 g/mol. The van der Waals surface area contributed by atoms with E-state index in [-0.39, 0.29) is 36.8 Å². The van der Waals surface area contributed by atoms with Gasteiger partial charge in [-0.3, -0.25) is 9.69 Å². The fraction of sp³-hybridized carbons (Fsp3) is 0.933. The van der Waals surface area contributed by atoms with Crippen LogP contribution in [0.15, 0.2) is 0 Å². The Bertz CT molecular complexity index is 343. The van der Waals surface area contributed by atoms with Crippen LogP contribution in [-0.4, -0.2) is 87.4 Å². The van der Waals surface area contributed by atoms with Gasteiger partial charge in [-0.25, -0.2) is 0 Å². The molecule has 0 saturated carbocycles. The molecule has 0 radical (unpaired) electrons. The summed E-state index contributed by atoms with van der Waals surface area (Å²) in [6.07, 6.45) is 1.96. The number of hydrogen-bond acceptors (Lipinski definition) is 5. The number of carbonyl (C=O) groups excluding carboxylic acids is 1. The number of ether oxygens (including phenoxy) is 2. The third-order valence-corrected chi connectivity index (χ3v) is 4.75. The molecule has 3 heterocycles. The van der Waals surface area contributed by atoms with Crippen molar-refractivity contribution in [1.82, 2.24) is 15.1 Å². The number of carbonyl (C=O) groups is 1. The zero-order chi connectivity index (χ0) is 14.5. The number of amides is 1. The van der Waals surface area contributed by atoms with Gasteiger partial charge < -0.3 is 19.7 Å². The van der Waals surface area contributed by atoms with Gasteiger partial charge in [0.05, 0.1) is 19.8 Å². The first-order valence-electron chi connectivity index (χ1n) is 8.24. The van der Waals surface area contributed by atoms with Crippen molar-refractivity contribution in [2.75, 3.05) is 65.6 Å². The largest absolute Gasteiger partial charge is 0.379 e. The summed E-state index contributed by atoms with van der Waals surface area (Å²) in [6, 6.07) is 0. The quantitative estimate of drug-likeness (QED) is 0.779. The zero-order valence-corrected chi connectivity index (χ0v) is 15.2. The fourth-order valence-corrected chi connectivity index (χ4v) is 3.41. The first-order valence-corrected chi connectivity index (χ1v) is 8.24. The lowest BCUT2D eigenvalue weighted by molar-refractivity contribution is -0.146. The maximum Gasteiger partial charge on any atom is 0.253 e. The van der Waals surface area contributed by atoms with Crippen molar-refractivity contribution in [2.24, 2.45) is 5.92 Å². The highest BCUT2D eigenvalue weighted by atomic mass is 35.5. The maximum absolute atomic E-state index is 12.4. The molecule has 3 fully saturated rings. The molecule has 0 aromatic rings. The number of nitrogens with one attached hydrogen (secondary N) is 1. The lowest BCUT2D eigenvalue weighted by atomic mass is 9.95. The van der Waals surface area contributed by atoms with E-state index in [0.29, 0.717) is 13.2 Å². The predicted octanol–water partition coefficient (Wildman–Crippen LogP) is 0.389. The van der Waals surface area contributed by atoms with E-state index in [1.807, 2.05) is 4.90 Å². The second-order valence-electron chi connectivity index (χ2n) is 6.25. The minimum atomic E-state index is -0.269. The van der Waals surface area contributed by atoms with Crippen molar-refractivity contribution in [3.63, 3.8) is 0 Å². The Morgan fingerprint density at radius 2 is 1.74 bits per heavy atom. The summed E-state index contributed by atoms with van der Waals surface area (Å²) in [4.78, 5) is 16.9. The molecule has 1 unspecified atom stereocenters. The lowest BCUT2D eigenvalue weighted by Crippen LogP contribution is -2.52. The first kappa shape index (κ1) is 20.9. The van der Waals surface area contributed by atoms with E-state index in [9.17, 15) is 4.79 Å². The monoisotopic (exact) mass is 369 g/mol. The summed E-state index contributed by atoms with van der Waals surface area (Å²) in [7, 11) is 0. The van der Waals surface area contributed by atoms with E-state index in [4.69, 9.17) is 9.47 Å². The van der Waals surface area contributed by atoms with E-state index in [0.717, 1.165) is 71.2 Å². The van der Waals surface area contributed by atoms with Gasteiger partial charge in [0.15, 0.2) is 0 Å². The lowest BCUT2D eigenvalue weighted by Gasteiger charge is -2.37. The smallest absolute Gasteiger partial charge is 0.253 e. The SMILES string of the molecule is Cl.Cl.O=C(C1CNCCO1)N1CCC(CN2CCOCC2)CC1. The van der Waals surface area contributed by atoms with Crippen molar-refractivity contribution in [3.8, 4) is 0 Å². The Hall–Kier alpha value is -0.110. The van der Waals surface area contributed by atoms with Crippen LogP contribution < -0.4 is 5.32 Å². The van der Waals surface area contributed by atoms with Crippen LogP contribution in [0.25, 0.3) is 0 Å². The minimum Gasteiger partial charge on any atom is -0.379 e. The van der Waals surface area contributed by atoms with E-state index in [1.54, 1.807) is 0 Å². The molecule has 136 valence electrons. The zero-order valence-electron chi connectivity index (χ0n) is 13.6. The average Bonchev–Trinajstić information content (AvgIpc) is 2.57. The number of rotatable bonds is 3. The van der Waals surface area contributed by atoms with Gasteiger partial charge in [0, 0.05) is 45.8 Å². The van der Waals surface area contributed by atoms with E-state index >= 15 is 0 Å². The molecule has 3 aliphatic rings. The van der Waals surface area contributed by atoms with Crippen molar-refractivity contribution in [1.29, 1.82) is 0 Å². The number of piperidine rings is 1. The predicted molar refractivity (Wildman–Crippen MR) is 93.7 cm³/mol. The molecule has 0 aromatic carbocycles. The third-order valence-electron chi connectivity index (χ3n) is 4.75. The number of nitrogens with zero attached hydrogens (tertiary/aromatic N) is 2. The molecule has 6 nitrogen and oxygen atoms in total. The second kappa shape index (κ2) is 10.7. The number of likely N-dealkylation sites (tertiary alicyclic amines) is 1. The number of morpholine rings is 2. The molecule has 1 N–H and O–H groups in total. The number of halogens is 2. The minimum absolute atomic E-state index is 0. The molecule has 0 bridgehead atoms. The molecule has 3 aliphatic heterocycles. The van der Waals surface area contributed by atoms with Crippen molar-refractivity contribution < 1.29 is 14.3 Å². The van der Waals surface area contributed by atoms with Gasteiger partial charge in [-0.05, 0) is 18.8 Å². The highest BCUT2D eigenvalue weighted by molar-refractivity contribution is 5.85. The molecule has 1 atom stereocenters. The van der Waals surface area contributed by atoms with Crippen LogP contribution in [0.5, 0.6) is 0 Å². The van der Waals surface area contributed by atoms with Crippen LogP contribution in [0.3, 0.4) is 0 Å². The van der Waals surface area contributed by atoms with Crippen molar-refractivity contribution in [2.45, 2.75) is 18.9 Å². The van der Waals surface area contributed by atoms with Gasteiger partial charge in [0.2, 0.25) is 0 Å². The van der Waals surface area contributed by atoms with Crippen LogP contribution in [0, 0.1) is 5.92 Å². The Morgan fingerprint density at radius 3 is 2.35 bits per heavy atom. The van der Waals surface area contributed by atoms with E-state index < -0.39 is 0 Å². The summed E-state index contributed by atoms with van der Waals surface area (Å²) < 4.78 is 11.0. The summed E-state index contributed by atoms with van der Waals surface area (Å²) in [6.45, 7) is 8.92.